The van der Waals surface area contributed by atoms with Crippen LogP contribution in [0, 0.1) is 0 Å². The molecule has 0 spiro atoms. The van der Waals surface area contributed by atoms with Gasteiger partial charge in [-0.05, 0) is 65.7 Å². The molecule has 40 heavy (non-hydrogen) atoms. The number of amides is 2. The number of para-hydroxylation sites is 1. The summed E-state index contributed by atoms with van der Waals surface area (Å²) in [6.07, 6.45) is 7.52. The average molecular weight is 538 g/mol. The van der Waals surface area contributed by atoms with Gasteiger partial charge in [-0.1, -0.05) is 36.4 Å². The molecular formula is C32H35N5O3. The van der Waals surface area contributed by atoms with Crippen molar-refractivity contribution < 1.29 is 14.3 Å². The predicted octanol–water partition coefficient (Wildman–Crippen LogP) is 3.89. The van der Waals surface area contributed by atoms with E-state index in [1.807, 2.05) is 35.4 Å². The van der Waals surface area contributed by atoms with Crippen molar-refractivity contribution in [2.45, 2.75) is 37.8 Å². The molecule has 2 aromatic carbocycles. The average Bonchev–Trinajstić information content (AvgIpc) is 3.61. The molecule has 0 unspecified atom stereocenters. The first-order valence-electron chi connectivity index (χ1n) is 14.1. The van der Waals surface area contributed by atoms with Crippen molar-refractivity contribution in [2.75, 3.05) is 32.8 Å². The number of aromatic amines is 1. The number of hydrogen-bond acceptors (Lipinski definition) is 5. The van der Waals surface area contributed by atoms with E-state index in [0.29, 0.717) is 39.2 Å². The molecule has 0 saturated carbocycles. The van der Waals surface area contributed by atoms with Crippen LogP contribution in [0.25, 0.3) is 10.9 Å². The summed E-state index contributed by atoms with van der Waals surface area (Å²) in [6.45, 7) is 3.41. The molecule has 2 amide bonds. The van der Waals surface area contributed by atoms with Crippen molar-refractivity contribution >= 4 is 22.7 Å². The van der Waals surface area contributed by atoms with Crippen molar-refractivity contribution in [3.05, 3.63) is 95.9 Å². The minimum atomic E-state index is -0.183. The monoisotopic (exact) mass is 537 g/mol. The van der Waals surface area contributed by atoms with E-state index in [9.17, 15) is 9.59 Å². The first kappa shape index (κ1) is 26.1. The molecule has 8 nitrogen and oxygen atoms in total. The first-order valence-corrected chi connectivity index (χ1v) is 14.1. The van der Waals surface area contributed by atoms with E-state index in [1.54, 1.807) is 12.4 Å². The zero-order chi connectivity index (χ0) is 27.3. The molecule has 2 aliphatic rings. The van der Waals surface area contributed by atoms with Gasteiger partial charge in [-0.3, -0.25) is 19.5 Å². The van der Waals surface area contributed by atoms with Gasteiger partial charge in [0.25, 0.3) is 0 Å². The van der Waals surface area contributed by atoms with E-state index in [2.05, 4.69) is 56.6 Å². The third-order valence-electron chi connectivity index (χ3n) is 7.96. The van der Waals surface area contributed by atoms with Gasteiger partial charge in [-0.25, -0.2) is 0 Å². The Morgan fingerprint density at radius 3 is 2.88 bits per heavy atom. The van der Waals surface area contributed by atoms with E-state index < -0.39 is 0 Å². The van der Waals surface area contributed by atoms with Crippen LogP contribution >= 0.6 is 0 Å². The number of carbonyl (C=O) groups excluding carboxylic acids is 2. The lowest BCUT2D eigenvalue weighted by Crippen LogP contribution is -2.45. The number of nitrogens with zero attached hydrogens (tertiary/aromatic N) is 3. The van der Waals surface area contributed by atoms with Crippen molar-refractivity contribution in [1.29, 1.82) is 0 Å². The van der Waals surface area contributed by atoms with Crippen LogP contribution in [0.1, 0.15) is 35.4 Å². The molecule has 4 aromatic rings. The summed E-state index contributed by atoms with van der Waals surface area (Å²) in [4.78, 5) is 38.3. The standard InChI is InChI=1S/C32H35N5O3/c38-30-22-36(19-26-9-3-7-24-11-13-34-32(24)26)14-1-2-15-40-27-10-4-8-25(17-27)28-20-37(21-29(28)35-30)31(39)16-23-6-5-12-33-18-23/h3-13,17-18,28-29,34H,1-2,14-16,19-22H2,(H,35,38)/t28-,29+/m1/s1. The van der Waals surface area contributed by atoms with Gasteiger partial charge in [0.2, 0.25) is 11.8 Å². The molecule has 1 saturated heterocycles. The lowest BCUT2D eigenvalue weighted by atomic mass is 9.94. The van der Waals surface area contributed by atoms with Gasteiger partial charge < -0.3 is 19.9 Å². The number of rotatable bonds is 4. The maximum atomic E-state index is 13.5. The van der Waals surface area contributed by atoms with Gasteiger partial charge in [-0.2, -0.15) is 0 Å². The summed E-state index contributed by atoms with van der Waals surface area (Å²) in [5, 5.41) is 4.47. The van der Waals surface area contributed by atoms with Crippen LogP contribution < -0.4 is 10.1 Å². The second kappa shape index (κ2) is 11.9. The molecule has 0 aliphatic carbocycles. The zero-order valence-corrected chi connectivity index (χ0v) is 22.6. The smallest absolute Gasteiger partial charge is 0.234 e. The van der Waals surface area contributed by atoms with Crippen molar-refractivity contribution in [2.24, 2.45) is 0 Å². The third-order valence-corrected chi connectivity index (χ3v) is 7.96. The van der Waals surface area contributed by atoms with Gasteiger partial charge >= 0.3 is 0 Å². The number of hydrogen-bond donors (Lipinski definition) is 2. The molecule has 8 heteroatoms. The normalized spacial score (nSPS) is 20.4. The minimum Gasteiger partial charge on any atom is -0.494 e. The third kappa shape index (κ3) is 6.02. The van der Waals surface area contributed by atoms with Gasteiger partial charge in [0, 0.05) is 49.7 Å². The Hall–Kier alpha value is -4.17. The summed E-state index contributed by atoms with van der Waals surface area (Å²) in [7, 11) is 0. The van der Waals surface area contributed by atoms with E-state index in [0.717, 1.165) is 41.8 Å². The number of ether oxygens (including phenoxy) is 1. The van der Waals surface area contributed by atoms with Gasteiger partial charge in [0.15, 0.2) is 0 Å². The predicted molar refractivity (Wildman–Crippen MR) is 154 cm³/mol. The summed E-state index contributed by atoms with van der Waals surface area (Å²) >= 11 is 0. The largest absolute Gasteiger partial charge is 0.494 e. The number of aromatic nitrogens is 2. The Morgan fingerprint density at radius 1 is 1.05 bits per heavy atom. The number of likely N-dealkylation sites (tertiary alicyclic amines) is 1. The highest BCUT2D eigenvalue weighted by Crippen LogP contribution is 2.31. The summed E-state index contributed by atoms with van der Waals surface area (Å²) in [5.74, 6) is 0.838. The van der Waals surface area contributed by atoms with E-state index in [1.165, 1.54) is 10.9 Å². The first-order chi connectivity index (χ1) is 19.6. The van der Waals surface area contributed by atoms with Crippen LogP contribution in [0.4, 0.5) is 0 Å². The Balaban J connectivity index is 1.22. The fourth-order valence-electron chi connectivity index (χ4n) is 5.93. The van der Waals surface area contributed by atoms with Crippen LogP contribution in [-0.2, 0) is 22.6 Å². The molecule has 2 bridgehead atoms. The Morgan fingerprint density at radius 2 is 1.98 bits per heavy atom. The number of carbonyl (C=O) groups is 2. The maximum absolute atomic E-state index is 13.5. The second-order valence-corrected chi connectivity index (χ2v) is 10.8. The highest BCUT2D eigenvalue weighted by Gasteiger charge is 2.37. The van der Waals surface area contributed by atoms with Crippen LogP contribution in [-0.4, -0.2) is 70.4 Å². The molecule has 6 rings (SSSR count). The molecule has 2 aromatic heterocycles. The summed E-state index contributed by atoms with van der Waals surface area (Å²) < 4.78 is 6.12. The second-order valence-electron chi connectivity index (χ2n) is 10.8. The van der Waals surface area contributed by atoms with E-state index >= 15 is 0 Å². The lowest BCUT2D eigenvalue weighted by Gasteiger charge is -2.26. The van der Waals surface area contributed by atoms with Gasteiger partial charge in [-0.15, -0.1) is 0 Å². The summed E-state index contributed by atoms with van der Waals surface area (Å²) in [5.41, 5.74) is 4.25. The molecule has 0 radical (unpaired) electrons. The van der Waals surface area contributed by atoms with Crippen LogP contribution in [0.3, 0.4) is 0 Å². The number of benzene rings is 2. The maximum Gasteiger partial charge on any atom is 0.234 e. The minimum absolute atomic E-state index is 0.0142. The molecule has 2 N–H and O–H groups in total. The van der Waals surface area contributed by atoms with Gasteiger partial charge in [0.05, 0.1) is 25.6 Å². The Labute approximate surface area is 234 Å². The number of nitrogens with one attached hydrogen (secondary N) is 2. The highest BCUT2D eigenvalue weighted by molar-refractivity contribution is 5.83. The molecule has 2 aliphatic heterocycles. The quantitative estimate of drug-likeness (QED) is 0.412. The van der Waals surface area contributed by atoms with E-state index in [-0.39, 0.29) is 23.8 Å². The number of pyridine rings is 1. The fraction of sp³-hybridized carbons (Fsp3) is 0.344. The van der Waals surface area contributed by atoms with Crippen molar-refractivity contribution in [3.63, 3.8) is 0 Å². The lowest BCUT2D eigenvalue weighted by molar-refractivity contribution is -0.130. The molecule has 2 atom stereocenters. The Bertz CT molecular complexity index is 1470. The van der Waals surface area contributed by atoms with Crippen molar-refractivity contribution in [3.8, 4) is 5.75 Å². The molecule has 1 fully saturated rings. The van der Waals surface area contributed by atoms with E-state index in [4.69, 9.17) is 4.74 Å². The van der Waals surface area contributed by atoms with Gasteiger partial charge in [0.1, 0.15) is 5.75 Å². The molecule has 4 heterocycles. The number of H-pyrrole nitrogens is 1. The fourth-order valence-corrected chi connectivity index (χ4v) is 5.93. The summed E-state index contributed by atoms with van der Waals surface area (Å²) in [6, 6.07) is 20.0. The van der Waals surface area contributed by atoms with Crippen molar-refractivity contribution in [1.82, 2.24) is 25.1 Å². The molecule has 206 valence electrons. The van der Waals surface area contributed by atoms with Crippen LogP contribution in [0.15, 0.2) is 79.3 Å². The van der Waals surface area contributed by atoms with Crippen LogP contribution in [0.5, 0.6) is 5.75 Å². The Kier molecular flexibility index (Phi) is 7.77. The molecular weight excluding hydrogens is 502 g/mol. The topological polar surface area (TPSA) is 90.6 Å². The zero-order valence-electron chi connectivity index (χ0n) is 22.6. The SMILES string of the molecule is O=C1CN(Cc2cccc3cc[nH]c23)CCCCOc2cccc(c2)[C@H]2CN(C(=O)Cc3cccnc3)C[C@@H]2N1. The van der Waals surface area contributed by atoms with Crippen LogP contribution in [0.2, 0.25) is 0 Å². The highest BCUT2D eigenvalue weighted by atomic mass is 16.5. The number of fused-ring (bicyclic) bond motifs is 5.